The van der Waals surface area contributed by atoms with E-state index < -0.39 is 10.0 Å². The Morgan fingerprint density at radius 2 is 2.10 bits per heavy atom. The van der Waals surface area contributed by atoms with Gasteiger partial charge in [-0.3, -0.25) is 4.98 Å². The van der Waals surface area contributed by atoms with Gasteiger partial charge in [0.15, 0.2) is 0 Å². The molecule has 0 saturated carbocycles. The van der Waals surface area contributed by atoms with Gasteiger partial charge in [0.1, 0.15) is 5.75 Å². The number of hydrogen-bond donors (Lipinski definition) is 1. The van der Waals surface area contributed by atoms with Gasteiger partial charge in [-0.25, -0.2) is 13.6 Å². The fourth-order valence-corrected chi connectivity index (χ4v) is 3.01. The molecule has 0 amide bonds. The number of pyridine rings is 1. The first-order valence-electron chi connectivity index (χ1n) is 6.46. The largest absolute Gasteiger partial charge is 0.493 e. The summed E-state index contributed by atoms with van der Waals surface area (Å²) >= 11 is 0. The molecule has 0 aliphatic heterocycles. The molecule has 0 bridgehead atoms. The van der Waals surface area contributed by atoms with Crippen molar-refractivity contribution in [3.8, 4) is 5.75 Å². The van der Waals surface area contributed by atoms with Crippen LogP contribution in [0.25, 0.3) is 10.9 Å². The topological polar surface area (TPSA) is 82.3 Å². The maximum absolute atomic E-state index is 11.1. The van der Waals surface area contributed by atoms with Crippen molar-refractivity contribution in [1.29, 1.82) is 0 Å². The third-order valence-electron chi connectivity index (χ3n) is 3.13. The van der Waals surface area contributed by atoms with Gasteiger partial charge in [-0.1, -0.05) is 13.0 Å². The first-order valence-corrected chi connectivity index (χ1v) is 8.18. The highest BCUT2D eigenvalue weighted by molar-refractivity contribution is 7.89. The van der Waals surface area contributed by atoms with E-state index in [-0.39, 0.29) is 11.7 Å². The van der Waals surface area contributed by atoms with Gasteiger partial charge in [0.05, 0.1) is 17.9 Å². The van der Waals surface area contributed by atoms with Crippen LogP contribution in [0.15, 0.2) is 36.5 Å². The quantitative estimate of drug-likeness (QED) is 0.882. The molecule has 1 unspecified atom stereocenters. The molecule has 2 N–H and O–H groups in total. The molecule has 1 atom stereocenters. The minimum Gasteiger partial charge on any atom is -0.493 e. The van der Waals surface area contributed by atoms with E-state index >= 15 is 0 Å². The highest BCUT2D eigenvalue weighted by Crippen LogP contribution is 2.24. The summed E-state index contributed by atoms with van der Waals surface area (Å²) in [5.41, 5.74) is 0.851. The first-order chi connectivity index (χ1) is 9.49. The van der Waals surface area contributed by atoms with Crippen molar-refractivity contribution in [2.75, 3.05) is 12.4 Å². The Morgan fingerprint density at radius 1 is 1.30 bits per heavy atom. The van der Waals surface area contributed by atoms with Crippen LogP contribution in [0.4, 0.5) is 0 Å². The monoisotopic (exact) mass is 294 g/mol. The second-order valence-corrected chi connectivity index (χ2v) is 6.40. The zero-order valence-corrected chi connectivity index (χ0v) is 12.1. The van der Waals surface area contributed by atoms with Crippen molar-refractivity contribution < 1.29 is 13.2 Å². The number of rotatable bonds is 6. The molecule has 0 aliphatic rings. The van der Waals surface area contributed by atoms with Crippen LogP contribution in [0, 0.1) is 5.92 Å². The summed E-state index contributed by atoms with van der Waals surface area (Å²) in [4.78, 5) is 4.25. The Morgan fingerprint density at radius 3 is 2.80 bits per heavy atom. The van der Waals surface area contributed by atoms with Crippen LogP contribution >= 0.6 is 0 Å². The molecule has 0 spiro atoms. The van der Waals surface area contributed by atoms with E-state index in [0.717, 1.165) is 10.9 Å². The van der Waals surface area contributed by atoms with E-state index in [9.17, 15) is 8.42 Å². The van der Waals surface area contributed by atoms with Crippen molar-refractivity contribution >= 4 is 20.9 Å². The normalized spacial score (nSPS) is 13.3. The van der Waals surface area contributed by atoms with Gasteiger partial charge in [0.25, 0.3) is 0 Å². The number of hydrogen-bond acceptors (Lipinski definition) is 4. The summed E-state index contributed by atoms with van der Waals surface area (Å²) in [7, 11) is -3.47. The van der Waals surface area contributed by atoms with E-state index in [2.05, 4.69) is 4.98 Å². The van der Waals surface area contributed by atoms with E-state index in [0.29, 0.717) is 18.8 Å². The summed E-state index contributed by atoms with van der Waals surface area (Å²) in [6.07, 6.45) is 2.42. The Balaban J connectivity index is 2.12. The smallest absolute Gasteiger partial charge is 0.209 e. The van der Waals surface area contributed by atoms with Gasteiger partial charge >= 0.3 is 0 Å². The van der Waals surface area contributed by atoms with E-state index in [1.54, 1.807) is 6.20 Å². The maximum Gasteiger partial charge on any atom is 0.209 e. The fourth-order valence-electron chi connectivity index (χ4n) is 2.02. The van der Waals surface area contributed by atoms with E-state index in [4.69, 9.17) is 9.88 Å². The molecule has 1 aromatic carbocycles. The van der Waals surface area contributed by atoms with Gasteiger partial charge in [-0.2, -0.15) is 0 Å². The van der Waals surface area contributed by atoms with Crippen LogP contribution in [-0.4, -0.2) is 25.8 Å². The second kappa shape index (κ2) is 6.19. The molecule has 0 aliphatic carbocycles. The van der Waals surface area contributed by atoms with Crippen LogP contribution in [0.5, 0.6) is 5.75 Å². The zero-order chi connectivity index (χ0) is 14.6. The lowest BCUT2D eigenvalue weighted by atomic mass is 10.1. The number of fused-ring (bicyclic) bond motifs is 1. The fraction of sp³-hybridized carbons (Fsp3) is 0.357. The van der Waals surface area contributed by atoms with Crippen LogP contribution in [0.2, 0.25) is 0 Å². The highest BCUT2D eigenvalue weighted by Gasteiger charge is 2.15. The molecule has 0 saturated heterocycles. The maximum atomic E-state index is 11.1. The van der Waals surface area contributed by atoms with Gasteiger partial charge < -0.3 is 4.74 Å². The third-order valence-corrected chi connectivity index (χ3v) is 4.06. The van der Waals surface area contributed by atoms with Gasteiger partial charge in [-0.15, -0.1) is 0 Å². The van der Waals surface area contributed by atoms with Crippen molar-refractivity contribution in [1.82, 2.24) is 4.98 Å². The van der Waals surface area contributed by atoms with Gasteiger partial charge in [-0.05, 0) is 30.7 Å². The molecule has 108 valence electrons. The number of nitrogens with two attached hydrogens (primary N) is 1. The van der Waals surface area contributed by atoms with Crippen LogP contribution in [-0.2, 0) is 10.0 Å². The van der Waals surface area contributed by atoms with Crippen LogP contribution in [0.3, 0.4) is 0 Å². The highest BCUT2D eigenvalue weighted by atomic mass is 32.2. The molecule has 0 radical (unpaired) electrons. The summed E-state index contributed by atoms with van der Waals surface area (Å²) in [5.74, 6) is 0.535. The Labute approximate surface area is 118 Å². The van der Waals surface area contributed by atoms with E-state index in [1.165, 1.54) is 0 Å². The van der Waals surface area contributed by atoms with Crippen LogP contribution in [0.1, 0.15) is 13.3 Å². The molecule has 1 aromatic heterocycles. The number of nitrogens with zero attached hydrogens (tertiary/aromatic N) is 1. The molecular formula is C14H18N2O3S. The molecule has 2 aromatic rings. The van der Waals surface area contributed by atoms with Gasteiger partial charge in [0.2, 0.25) is 10.0 Å². The molecule has 20 heavy (non-hydrogen) atoms. The van der Waals surface area contributed by atoms with E-state index in [1.807, 2.05) is 37.3 Å². The lowest BCUT2D eigenvalue weighted by molar-refractivity contribution is 0.260. The lowest BCUT2D eigenvalue weighted by Crippen LogP contribution is -2.26. The molecular weight excluding hydrogens is 276 g/mol. The molecule has 6 heteroatoms. The Kier molecular flexibility index (Phi) is 4.57. The molecule has 0 fully saturated rings. The number of sulfonamides is 1. The summed E-state index contributed by atoms with van der Waals surface area (Å²) in [6, 6.07) is 9.40. The minimum absolute atomic E-state index is 0.0630. The predicted octanol–water partition coefficient (Wildman–Crippen LogP) is 1.93. The molecule has 5 nitrogen and oxygen atoms in total. The second-order valence-electron chi connectivity index (χ2n) is 4.74. The number of ether oxygens (including phenoxy) is 1. The third kappa shape index (κ3) is 3.91. The van der Waals surface area contributed by atoms with Crippen molar-refractivity contribution in [3.05, 3.63) is 36.5 Å². The number of benzene rings is 1. The standard InChI is InChI=1S/C14H18N2O3S/c1-2-11(10-20(15,17)18)9-19-14-7-3-6-13-12(14)5-4-8-16-13/h3-8,11H,2,9-10H2,1H3,(H2,15,17,18). The van der Waals surface area contributed by atoms with Crippen LogP contribution < -0.4 is 9.88 Å². The molecule has 2 rings (SSSR count). The van der Waals surface area contributed by atoms with Crippen molar-refractivity contribution in [3.63, 3.8) is 0 Å². The zero-order valence-electron chi connectivity index (χ0n) is 11.3. The lowest BCUT2D eigenvalue weighted by Gasteiger charge is -2.15. The average Bonchev–Trinajstić information content (AvgIpc) is 2.42. The number of primary sulfonamides is 1. The summed E-state index contributed by atoms with van der Waals surface area (Å²) in [6.45, 7) is 2.24. The number of aromatic nitrogens is 1. The van der Waals surface area contributed by atoms with Crippen molar-refractivity contribution in [2.45, 2.75) is 13.3 Å². The Bertz CT molecular complexity index is 680. The first kappa shape index (κ1) is 14.7. The summed E-state index contributed by atoms with van der Waals surface area (Å²) in [5, 5.41) is 6.00. The van der Waals surface area contributed by atoms with Gasteiger partial charge in [0, 0.05) is 17.5 Å². The molecule has 1 heterocycles. The Hall–Kier alpha value is -1.66. The minimum atomic E-state index is -3.47. The summed E-state index contributed by atoms with van der Waals surface area (Å²) < 4.78 is 28.0. The average molecular weight is 294 g/mol. The SMILES string of the molecule is CCC(COc1cccc2ncccc12)CS(N)(=O)=O. The van der Waals surface area contributed by atoms with Crippen molar-refractivity contribution in [2.24, 2.45) is 11.1 Å². The predicted molar refractivity (Wildman–Crippen MR) is 79.0 cm³/mol.